The van der Waals surface area contributed by atoms with E-state index in [4.69, 9.17) is 18.9 Å². The first kappa shape index (κ1) is 21.0. The molecule has 0 aliphatic carbocycles. The van der Waals surface area contributed by atoms with E-state index in [-0.39, 0.29) is 17.8 Å². The zero-order valence-corrected chi connectivity index (χ0v) is 16.1. The minimum atomic E-state index is -1.20. The van der Waals surface area contributed by atoms with E-state index in [1.54, 1.807) is 0 Å². The Morgan fingerprint density at radius 1 is 1.17 bits per heavy atom. The van der Waals surface area contributed by atoms with Gasteiger partial charge in [-0.05, 0) is 0 Å². The summed E-state index contributed by atoms with van der Waals surface area (Å²) in [5.41, 5.74) is -0.923. The van der Waals surface area contributed by atoms with Gasteiger partial charge in [0.2, 0.25) is 0 Å². The summed E-state index contributed by atoms with van der Waals surface area (Å²) in [5, 5.41) is 2.60. The van der Waals surface area contributed by atoms with E-state index < -0.39 is 54.0 Å². The van der Waals surface area contributed by atoms with Crippen molar-refractivity contribution in [2.24, 2.45) is 5.18 Å². The molecule has 2 aromatic heterocycles. The summed E-state index contributed by atoms with van der Waals surface area (Å²) in [6.07, 6.45) is -3.33. The van der Waals surface area contributed by atoms with Gasteiger partial charge in [-0.2, -0.15) is 4.98 Å². The molecule has 30 heavy (non-hydrogen) atoms. The number of hydrogen-bond acceptors (Lipinski definition) is 12. The number of imidazole rings is 1. The number of fused-ring (bicyclic) bond motifs is 1. The van der Waals surface area contributed by atoms with Gasteiger partial charge in [-0.15, -0.1) is 4.91 Å². The van der Waals surface area contributed by atoms with E-state index in [0.717, 1.165) is 13.8 Å². The van der Waals surface area contributed by atoms with Crippen molar-refractivity contribution in [3.63, 3.8) is 0 Å². The van der Waals surface area contributed by atoms with Gasteiger partial charge in [0.1, 0.15) is 12.7 Å². The van der Waals surface area contributed by atoms with E-state index >= 15 is 0 Å². The fourth-order valence-electron chi connectivity index (χ4n) is 3.06. The number of esters is 3. The molecule has 14 heteroatoms. The predicted octanol–water partition coefficient (Wildman–Crippen LogP) is -0.159. The van der Waals surface area contributed by atoms with Crippen molar-refractivity contribution in [1.29, 1.82) is 0 Å². The van der Waals surface area contributed by atoms with E-state index in [9.17, 15) is 24.1 Å². The lowest BCUT2D eigenvalue weighted by atomic mass is 10.1. The molecule has 0 radical (unpaired) electrons. The monoisotopic (exact) mass is 423 g/mol. The molecule has 3 rings (SSSR count). The molecule has 1 saturated heterocycles. The molecule has 1 fully saturated rings. The van der Waals surface area contributed by atoms with Gasteiger partial charge in [0.05, 0.1) is 6.33 Å². The predicted molar refractivity (Wildman–Crippen MR) is 95.3 cm³/mol. The maximum absolute atomic E-state index is 12.1. The second kappa shape index (κ2) is 8.36. The van der Waals surface area contributed by atoms with E-state index in [2.05, 4.69) is 20.1 Å². The number of carbonyl (C=O) groups is 3. The zero-order chi connectivity index (χ0) is 22.0. The Morgan fingerprint density at radius 3 is 2.43 bits per heavy atom. The van der Waals surface area contributed by atoms with Crippen molar-refractivity contribution >= 4 is 35.0 Å². The maximum Gasteiger partial charge on any atom is 0.303 e. The van der Waals surface area contributed by atoms with Crippen molar-refractivity contribution < 1.29 is 33.3 Å². The zero-order valence-electron chi connectivity index (χ0n) is 16.1. The third-order valence-corrected chi connectivity index (χ3v) is 4.12. The second-order valence-electron chi connectivity index (χ2n) is 6.32. The highest BCUT2D eigenvalue weighted by Gasteiger charge is 2.51. The molecule has 160 valence electrons. The number of H-pyrrole nitrogens is 1. The Labute approximate surface area is 167 Å². The fraction of sp³-hybridized carbons (Fsp3) is 0.500. The van der Waals surface area contributed by atoms with Crippen LogP contribution in [0.1, 0.15) is 27.0 Å². The van der Waals surface area contributed by atoms with Gasteiger partial charge in [-0.3, -0.25) is 28.7 Å². The average Bonchev–Trinajstić information content (AvgIpc) is 3.21. The number of rotatable bonds is 6. The molecular formula is C16H17N5O9. The van der Waals surface area contributed by atoms with Crippen LogP contribution in [0.2, 0.25) is 0 Å². The Hall–Kier alpha value is -3.68. The molecule has 0 spiro atoms. The van der Waals surface area contributed by atoms with Gasteiger partial charge in [0.25, 0.3) is 11.5 Å². The molecule has 2 unspecified atom stereocenters. The Morgan fingerprint density at radius 2 is 1.83 bits per heavy atom. The SMILES string of the molecule is CC(=O)OCC1OC(n2cnc3c(=O)[nH]c(N=O)nc32)[C@H](OC(C)=O)[C@@H]1OC(C)=O. The number of nitroso groups, excluding NO2 is 1. The summed E-state index contributed by atoms with van der Waals surface area (Å²) in [4.78, 5) is 67.4. The van der Waals surface area contributed by atoms with Crippen molar-refractivity contribution in [2.45, 2.75) is 45.3 Å². The van der Waals surface area contributed by atoms with Crippen LogP contribution in [-0.2, 0) is 33.3 Å². The quantitative estimate of drug-likeness (QED) is 0.370. The third-order valence-electron chi connectivity index (χ3n) is 4.12. The van der Waals surface area contributed by atoms with Gasteiger partial charge >= 0.3 is 17.9 Å². The van der Waals surface area contributed by atoms with Crippen LogP contribution < -0.4 is 5.56 Å². The topological polar surface area (TPSA) is 181 Å². The molecule has 0 bridgehead atoms. The summed E-state index contributed by atoms with van der Waals surface area (Å²) in [6.45, 7) is 3.18. The van der Waals surface area contributed by atoms with Crippen molar-refractivity contribution in [3.05, 3.63) is 21.6 Å². The highest BCUT2D eigenvalue weighted by molar-refractivity contribution is 5.71. The summed E-state index contributed by atoms with van der Waals surface area (Å²) < 4.78 is 22.6. The van der Waals surface area contributed by atoms with Crippen LogP contribution in [0.5, 0.6) is 0 Å². The molecule has 0 saturated carbocycles. The second-order valence-corrected chi connectivity index (χ2v) is 6.32. The lowest BCUT2D eigenvalue weighted by Crippen LogP contribution is -2.40. The molecule has 2 aromatic rings. The van der Waals surface area contributed by atoms with Crippen LogP contribution in [0.25, 0.3) is 11.2 Å². The summed E-state index contributed by atoms with van der Waals surface area (Å²) in [6, 6.07) is 0. The van der Waals surface area contributed by atoms with Crippen molar-refractivity contribution in [2.75, 3.05) is 6.61 Å². The number of hydrogen-bond donors (Lipinski definition) is 1. The molecular weight excluding hydrogens is 406 g/mol. The van der Waals surface area contributed by atoms with Gasteiger partial charge in [-0.25, -0.2) is 4.98 Å². The van der Waals surface area contributed by atoms with Crippen LogP contribution >= 0.6 is 0 Å². The third kappa shape index (κ3) is 4.17. The standard InChI is InChI=1S/C16H17N5O9/c1-6(22)27-4-9-11(28-7(2)23)12(29-8(3)24)15(30-9)21-5-17-10-13(21)18-16(20-26)19-14(10)25/h5,9,11-12,15H,4H2,1-3H3,(H,18,19,25)/t9?,11-,12-,15?/m1/s1. The van der Waals surface area contributed by atoms with E-state index in [1.807, 2.05) is 0 Å². The first-order valence-electron chi connectivity index (χ1n) is 8.64. The number of aromatic nitrogens is 4. The van der Waals surface area contributed by atoms with Crippen molar-refractivity contribution in [3.8, 4) is 0 Å². The van der Waals surface area contributed by atoms with Gasteiger partial charge in [0, 0.05) is 25.9 Å². The minimum absolute atomic E-state index is 0.0785. The van der Waals surface area contributed by atoms with Crippen LogP contribution in [0, 0.1) is 4.91 Å². The molecule has 4 atom stereocenters. The molecule has 3 heterocycles. The molecule has 1 N–H and O–H groups in total. The van der Waals surface area contributed by atoms with E-state index in [0.29, 0.717) is 0 Å². The smallest absolute Gasteiger partial charge is 0.303 e. The summed E-state index contributed by atoms with van der Waals surface area (Å²) in [5.74, 6) is -2.49. The summed E-state index contributed by atoms with van der Waals surface area (Å²) in [7, 11) is 0. The number of nitrogens with zero attached hydrogens (tertiary/aromatic N) is 4. The van der Waals surface area contributed by atoms with Gasteiger partial charge < -0.3 is 18.9 Å². The molecule has 1 aliphatic rings. The summed E-state index contributed by atoms with van der Waals surface area (Å²) >= 11 is 0. The Balaban J connectivity index is 2.07. The lowest BCUT2D eigenvalue weighted by molar-refractivity contribution is -0.166. The number of carbonyl (C=O) groups excluding carboxylic acids is 3. The van der Waals surface area contributed by atoms with Gasteiger partial charge in [0.15, 0.2) is 29.6 Å². The number of aromatic amines is 1. The first-order chi connectivity index (χ1) is 14.2. The van der Waals surface area contributed by atoms with Crippen LogP contribution in [-0.4, -0.2) is 62.3 Å². The van der Waals surface area contributed by atoms with Crippen LogP contribution in [0.4, 0.5) is 5.95 Å². The van der Waals surface area contributed by atoms with Crippen LogP contribution in [0.15, 0.2) is 16.3 Å². The highest BCUT2D eigenvalue weighted by atomic mass is 16.7. The fourth-order valence-corrected chi connectivity index (χ4v) is 3.06. The Bertz CT molecular complexity index is 1060. The molecule has 0 aromatic carbocycles. The van der Waals surface area contributed by atoms with E-state index in [1.165, 1.54) is 17.8 Å². The van der Waals surface area contributed by atoms with Crippen LogP contribution in [0.3, 0.4) is 0 Å². The molecule has 14 nitrogen and oxygen atoms in total. The normalized spacial score (nSPS) is 23.2. The van der Waals surface area contributed by atoms with Crippen molar-refractivity contribution in [1.82, 2.24) is 19.5 Å². The minimum Gasteiger partial charge on any atom is -0.463 e. The lowest BCUT2D eigenvalue weighted by Gasteiger charge is -2.23. The first-order valence-corrected chi connectivity index (χ1v) is 8.64. The molecule has 1 aliphatic heterocycles. The molecule has 0 amide bonds. The largest absolute Gasteiger partial charge is 0.463 e. The maximum atomic E-state index is 12.1. The highest BCUT2D eigenvalue weighted by Crippen LogP contribution is 2.35. The Kier molecular flexibility index (Phi) is 5.86. The van der Waals surface area contributed by atoms with Gasteiger partial charge in [-0.1, -0.05) is 0 Å². The number of nitrogens with one attached hydrogen (secondary N) is 1. The number of ether oxygens (including phenoxy) is 4. The average molecular weight is 423 g/mol.